The summed E-state index contributed by atoms with van der Waals surface area (Å²) < 4.78 is 0.450. The van der Waals surface area contributed by atoms with Gasteiger partial charge in [0.05, 0.1) is 0 Å². The molecule has 0 amide bonds. The van der Waals surface area contributed by atoms with Crippen LogP contribution in [0.5, 0.6) is 0 Å². The molecule has 0 aromatic carbocycles. The Morgan fingerprint density at radius 3 is 2.82 bits per heavy atom. The van der Waals surface area contributed by atoms with Gasteiger partial charge < -0.3 is 5.73 Å². The SMILES string of the molecule is CCSCCC(CN)N1CCSC(C)(C)CC1. The molecule has 1 atom stereocenters. The average Bonchev–Trinajstić information content (AvgIpc) is 2.46. The van der Waals surface area contributed by atoms with Crippen molar-refractivity contribution in [2.45, 2.75) is 44.4 Å². The highest BCUT2D eigenvalue weighted by molar-refractivity contribution is 8.00. The minimum atomic E-state index is 0.450. The van der Waals surface area contributed by atoms with Crippen LogP contribution in [0.25, 0.3) is 0 Å². The normalized spacial score (nSPS) is 23.3. The Morgan fingerprint density at radius 1 is 1.41 bits per heavy atom. The van der Waals surface area contributed by atoms with Crippen molar-refractivity contribution in [2.24, 2.45) is 5.73 Å². The Kier molecular flexibility index (Phi) is 7.31. The summed E-state index contributed by atoms with van der Waals surface area (Å²) in [6, 6.07) is 0.601. The highest BCUT2D eigenvalue weighted by Crippen LogP contribution is 2.31. The smallest absolute Gasteiger partial charge is 0.0226 e. The maximum Gasteiger partial charge on any atom is 0.0226 e. The van der Waals surface area contributed by atoms with Gasteiger partial charge in [-0.1, -0.05) is 20.8 Å². The molecule has 0 radical (unpaired) electrons. The van der Waals surface area contributed by atoms with Gasteiger partial charge in [-0.3, -0.25) is 4.90 Å². The molecule has 1 saturated heterocycles. The number of nitrogens with zero attached hydrogens (tertiary/aromatic N) is 1. The van der Waals surface area contributed by atoms with Gasteiger partial charge in [0.1, 0.15) is 0 Å². The number of rotatable bonds is 6. The van der Waals surface area contributed by atoms with E-state index in [1.165, 1.54) is 43.2 Å². The monoisotopic (exact) mass is 276 g/mol. The number of hydrogen-bond donors (Lipinski definition) is 1. The highest BCUT2D eigenvalue weighted by atomic mass is 32.2. The molecule has 2 N–H and O–H groups in total. The van der Waals surface area contributed by atoms with Crippen LogP contribution in [0, 0.1) is 0 Å². The molecule has 0 aromatic heterocycles. The Balaban J connectivity index is 2.40. The van der Waals surface area contributed by atoms with Gasteiger partial charge in [-0.2, -0.15) is 23.5 Å². The van der Waals surface area contributed by atoms with Gasteiger partial charge in [0, 0.05) is 29.6 Å². The molecule has 1 aliphatic heterocycles. The second-order valence-electron chi connectivity index (χ2n) is 5.27. The van der Waals surface area contributed by atoms with E-state index in [0.29, 0.717) is 10.8 Å². The summed E-state index contributed by atoms with van der Waals surface area (Å²) in [6.45, 7) is 10.2. The van der Waals surface area contributed by atoms with Gasteiger partial charge in [-0.05, 0) is 30.9 Å². The Morgan fingerprint density at radius 2 is 2.18 bits per heavy atom. The molecule has 1 rings (SSSR count). The van der Waals surface area contributed by atoms with Crippen LogP contribution < -0.4 is 5.73 Å². The van der Waals surface area contributed by atoms with Gasteiger partial charge in [0.15, 0.2) is 0 Å². The van der Waals surface area contributed by atoms with Crippen LogP contribution in [0.3, 0.4) is 0 Å². The molecule has 1 aliphatic rings. The van der Waals surface area contributed by atoms with E-state index in [0.717, 1.165) is 6.54 Å². The maximum atomic E-state index is 5.95. The van der Waals surface area contributed by atoms with Crippen molar-refractivity contribution in [3.63, 3.8) is 0 Å². The predicted octanol–water partition coefficient (Wildman–Crippen LogP) is 2.67. The molecule has 0 aliphatic carbocycles. The Hall–Kier alpha value is 0.620. The van der Waals surface area contributed by atoms with Crippen molar-refractivity contribution >= 4 is 23.5 Å². The lowest BCUT2D eigenvalue weighted by Crippen LogP contribution is -2.42. The zero-order chi connectivity index (χ0) is 12.7. The van der Waals surface area contributed by atoms with E-state index in [2.05, 4.69) is 37.4 Å². The first-order valence-corrected chi connectivity index (χ1v) is 8.89. The molecule has 0 spiro atoms. The van der Waals surface area contributed by atoms with Gasteiger partial charge in [-0.15, -0.1) is 0 Å². The van der Waals surface area contributed by atoms with E-state index in [1.807, 2.05) is 11.8 Å². The minimum Gasteiger partial charge on any atom is -0.329 e. The van der Waals surface area contributed by atoms with Crippen LogP contribution in [0.2, 0.25) is 0 Å². The molecule has 4 heteroatoms. The molecule has 1 unspecified atom stereocenters. The standard InChI is InChI=1S/C13H28N2S2/c1-4-16-9-5-12(11-14)15-7-6-13(2,3)17-10-8-15/h12H,4-11,14H2,1-3H3. The van der Waals surface area contributed by atoms with Crippen LogP contribution in [0.1, 0.15) is 33.6 Å². The highest BCUT2D eigenvalue weighted by Gasteiger charge is 2.26. The predicted molar refractivity (Wildman–Crippen MR) is 83.2 cm³/mol. The van der Waals surface area contributed by atoms with Crippen molar-refractivity contribution in [3.05, 3.63) is 0 Å². The number of nitrogens with two attached hydrogens (primary N) is 1. The molecule has 1 heterocycles. The average molecular weight is 277 g/mol. The summed E-state index contributed by atoms with van der Waals surface area (Å²) in [5.41, 5.74) is 5.95. The van der Waals surface area contributed by atoms with Crippen LogP contribution >= 0.6 is 23.5 Å². The number of thioether (sulfide) groups is 2. The summed E-state index contributed by atoms with van der Waals surface area (Å²) in [4.78, 5) is 2.62. The fourth-order valence-corrected chi connectivity index (χ4v) is 4.06. The van der Waals surface area contributed by atoms with Crippen LogP contribution in [-0.2, 0) is 0 Å². The van der Waals surface area contributed by atoms with E-state index in [4.69, 9.17) is 5.73 Å². The van der Waals surface area contributed by atoms with Crippen molar-refractivity contribution in [2.75, 3.05) is 36.9 Å². The van der Waals surface area contributed by atoms with Gasteiger partial charge >= 0.3 is 0 Å². The van der Waals surface area contributed by atoms with Crippen molar-refractivity contribution in [3.8, 4) is 0 Å². The maximum absolute atomic E-state index is 5.95. The molecule has 0 bridgehead atoms. The fourth-order valence-electron chi connectivity index (χ4n) is 2.21. The first-order chi connectivity index (χ1) is 8.09. The molecule has 1 fully saturated rings. The van der Waals surface area contributed by atoms with Crippen molar-refractivity contribution in [1.29, 1.82) is 0 Å². The fraction of sp³-hybridized carbons (Fsp3) is 1.00. The van der Waals surface area contributed by atoms with Crippen molar-refractivity contribution in [1.82, 2.24) is 4.90 Å². The quantitative estimate of drug-likeness (QED) is 0.755. The second kappa shape index (κ2) is 7.93. The zero-order valence-corrected chi connectivity index (χ0v) is 13.2. The third-order valence-electron chi connectivity index (χ3n) is 3.46. The minimum absolute atomic E-state index is 0.450. The Bertz CT molecular complexity index is 210. The van der Waals surface area contributed by atoms with Crippen LogP contribution in [0.15, 0.2) is 0 Å². The molecular formula is C13H28N2S2. The van der Waals surface area contributed by atoms with E-state index in [-0.39, 0.29) is 0 Å². The van der Waals surface area contributed by atoms with E-state index in [1.54, 1.807) is 0 Å². The second-order valence-corrected chi connectivity index (χ2v) is 8.47. The van der Waals surface area contributed by atoms with Crippen LogP contribution in [-0.4, -0.2) is 52.6 Å². The summed E-state index contributed by atoms with van der Waals surface area (Å²) >= 11 is 4.15. The molecule has 17 heavy (non-hydrogen) atoms. The van der Waals surface area contributed by atoms with E-state index < -0.39 is 0 Å². The third-order valence-corrected chi connectivity index (χ3v) is 5.77. The summed E-state index contributed by atoms with van der Waals surface area (Å²) in [6.07, 6.45) is 2.54. The lowest BCUT2D eigenvalue weighted by molar-refractivity contribution is 0.205. The first kappa shape index (κ1) is 15.7. The molecular weight excluding hydrogens is 248 g/mol. The first-order valence-electron chi connectivity index (χ1n) is 6.75. The summed E-state index contributed by atoms with van der Waals surface area (Å²) in [5, 5.41) is 0. The summed E-state index contributed by atoms with van der Waals surface area (Å²) in [7, 11) is 0. The lowest BCUT2D eigenvalue weighted by atomic mass is 10.1. The lowest BCUT2D eigenvalue weighted by Gasteiger charge is -2.30. The molecule has 2 nitrogen and oxygen atoms in total. The summed E-state index contributed by atoms with van der Waals surface area (Å²) in [5.74, 6) is 3.73. The van der Waals surface area contributed by atoms with E-state index >= 15 is 0 Å². The van der Waals surface area contributed by atoms with E-state index in [9.17, 15) is 0 Å². The van der Waals surface area contributed by atoms with Crippen molar-refractivity contribution < 1.29 is 0 Å². The van der Waals surface area contributed by atoms with Gasteiger partial charge in [0.2, 0.25) is 0 Å². The molecule has 102 valence electrons. The van der Waals surface area contributed by atoms with Crippen LogP contribution in [0.4, 0.5) is 0 Å². The Labute approximate surface area is 115 Å². The zero-order valence-electron chi connectivity index (χ0n) is 11.6. The van der Waals surface area contributed by atoms with Gasteiger partial charge in [0.25, 0.3) is 0 Å². The molecule has 0 aromatic rings. The molecule has 0 saturated carbocycles. The topological polar surface area (TPSA) is 29.3 Å². The third kappa shape index (κ3) is 5.86. The largest absolute Gasteiger partial charge is 0.329 e. The number of hydrogen-bond acceptors (Lipinski definition) is 4. The van der Waals surface area contributed by atoms with Gasteiger partial charge in [-0.25, -0.2) is 0 Å².